The van der Waals surface area contributed by atoms with E-state index in [1.165, 1.54) is 50.6 Å². The van der Waals surface area contributed by atoms with Crippen molar-refractivity contribution in [3.63, 3.8) is 0 Å². The molecule has 0 radical (unpaired) electrons. The van der Waals surface area contributed by atoms with Crippen molar-refractivity contribution >= 4 is 11.9 Å². The Kier molecular flexibility index (Phi) is 6.42. The molecule has 2 fully saturated rings. The second-order valence-corrected chi connectivity index (χ2v) is 8.27. The lowest BCUT2D eigenvalue weighted by atomic mass is 9.95. The number of alkyl halides is 1. The smallest absolute Gasteiger partial charge is 0.235 e. The first-order valence-corrected chi connectivity index (χ1v) is 9.95. The van der Waals surface area contributed by atoms with E-state index in [1.807, 2.05) is 24.3 Å². The van der Waals surface area contributed by atoms with Gasteiger partial charge < -0.3 is 9.64 Å². The molecule has 5 heteroatoms. The van der Waals surface area contributed by atoms with Crippen LogP contribution in [-0.2, 0) is 0 Å². The second kappa shape index (κ2) is 8.54. The van der Waals surface area contributed by atoms with Gasteiger partial charge in [-0.2, -0.15) is 0 Å². The summed E-state index contributed by atoms with van der Waals surface area (Å²) in [6, 6.07) is 8.50. The van der Waals surface area contributed by atoms with Gasteiger partial charge in [0.1, 0.15) is 5.75 Å². The lowest BCUT2D eigenvalue weighted by Crippen LogP contribution is -2.46. The summed E-state index contributed by atoms with van der Waals surface area (Å²) in [7, 11) is 0. The van der Waals surface area contributed by atoms with Gasteiger partial charge >= 0.3 is 0 Å². The Balaban J connectivity index is 1.43. The lowest BCUT2D eigenvalue weighted by molar-refractivity contribution is 0.0860. The predicted octanol–water partition coefficient (Wildman–Crippen LogP) is 4.58. The van der Waals surface area contributed by atoms with Gasteiger partial charge in [-0.25, -0.2) is 8.70 Å². The highest BCUT2D eigenvalue weighted by Crippen LogP contribution is 2.30. The molecular formula is C19H29FN2OS. The molecule has 0 aromatic heterocycles. The zero-order chi connectivity index (χ0) is 16.9. The fourth-order valence-corrected chi connectivity index (χ4v) is 4.56. The zero-order valence-corrected chi connectivity index (χ0v) is 15.6. The molecule has 1 unspecified atom stereocenters. The van der Waals surface area contributed by atoms with E-state index in [0.29, 0.717) is 5.75 Å². The molecule has 0 aliphatic carbocycles. The van der Waals surface area contributed by atoms with Crippen molar-refractivity contribution in [1.29, 1.82) is 0 Å². The first-order valence-electron chi connectivity index (χ1n) is 9.18. The standard InChI is InChI=1S/C19H29FN2OS/c1-15-7-11-21(12-8-15)17-9-13-22(14-10-17)24-19-5-3-18(4-6-19)23-16(2)20/h3-6,15-17H,7-14H2,1-2H3. The first-order chi connectivity index (χ1) is 11.6. The van der Waals surface area contributed by atoms with Gasteiger partial charge in [-0.15, -0.1) is 0 Å². The fourth-order valence-electron chi connectivity index (χ4n) is 3.61. The van der Waals surface area contributed by atoms with E-state index in [-0.39, 0.29) is 0 Å². The summed E-state index contributed by atoms with van der Waals surface area (Å²) < 4.78 is 20.3. The van der Waals surface area contributed by atoms with Gasteiger partial charge in [0.2, 0.25) is 6.36 Å². The van der Waals surface area contributed by atoms with Crippen LogP contribution in [0.5, 0.6) is 5.75 Å². The number of ether oxygens (including phenoxy) is 1. The van der Waals surface area contributed by atoms with Gasteiger partial charge in [-0.3, -0.25) is 0 Å². The Morgan fingerprint density at radius 3 is 2.25 bits per heavy atom. The van der Waals surface area contributed by atoms with E-state index >= 15 is 0 Å². The van der Waals surface area contributed by atoms with Crippen molar-refractivity contribution in [1.82, 2.24) is 9.21 Å². The maximum Gasteiger partial charge on any atom is 0.235 e. The Bertz CT molecular complexity index is 495. The Morgan fingerprint density at radius 2 is 1.67 bits per heavy atom. The van der Waals surface area contributed by atoms with Crippen LogP contribution in [0.25, 0.3) is 0 Å². The van der Waals surface area contributed by atoms with Crippen molar-refractivity contribution in [2.45, 2.75) is 56.8 Å². The topological polar surface area (TPSA) is 15.7 Å². The molecule has 2 aliphatic rings. The van der Waals surface area contributed by atoms with Gasteiger partial charge in [0, 0.05) is 31.0 Å². The molecular weight excluding hydrogens is 323 g/mol. The van der Waals surface area contributed by atoms with Crippen LogP contribution in [-0.4, -0.2) is 47.8 Å². The Morgan fingerprint density at radius 1 is 1.04 bits per heavy atom. The molecule has 2 saturated heterocycles. The second-order valence-electron chi connectivity index (χ2n) is 7.10. The van der Waals surface area contributed by atoms with Crippen LogP contribution in [0, 0.1) is 5.92 Å². The van der Waals surface area contributed by atoms with Crippen molar-refractivity contribution in [2.75, 3.05) is 26.2 Å². The predicted molar refractivity (Wildman–Crippen MR) is 98.1 cm³/mol. The molecule has 2 aliphatic heterocycles. The summed E-state index contributed by atoms with van der Waals surface area (Å²) in [4.78, 5) is 3.91. The summed E-state index contributed by atoms with van der Waals surface area (Å²) in [6.07, 6.45) is 3.99. The summed E-state index contributed by atoms with van der Waals surface area (Å²) in [6.45, 7) is 8.63. The number of piperidine rings is 2. The van der Waals surface area contributed by atoms with Crippen LogP contribution >= 0.6 is 11.9 Å². The molecule has 0 saturated carbocycles. The molecule has 0 N–H and O–H groups in total. The molecule has 0 amide bonds. The minimum Gasteiger partial charge on any atom is -0.461 e. The van der Waals surface area contributed by atoms with E-state index in [4.69, 9.17) is 4.74 Å². The summed E-state index contributed by atoms with van der Waals surface area (Å²) >= 11 is 1.81. The molecule has 1 aromatic rings. The normalized spacial score (nSPS) is 23.3. The highest BCUT2D eigenvalue weighted by Gasteiger charge is 2.27. The molecule has 3 nitrogen and oxygen atoms in total. The SMILES string of the molecule is CC1CCN(C2CCN(Sc3ccc(OC(C)F)cc3)CC2)CC1. The largest absolute Gasteiger partial charge is 0.461 e. The number of rotatable bonds is 5. The third-order valence-electron chi connectivity index (χ3n) is 5.11. The van der Waals surface area contributed by atoms with Crippen molar-refractivity contribution in [3.8, 4) is 5.75 Å². The van der Waals surface area contributed by atoms with Gasteiger partial charge in [0.25, 0.3) is 0 Å². The number of hydrogen-bond donors (Lipinski definition) is 0. The van der Waals surface area contributed by atoms with E-state index in [9.17, 15) is 4.39 Å². The molecule has 3 rings (SSSR count). The molecule has 1 atom stereocenters. The van der Waals surface area contributed by atoms with Crippen LogP contribution in [0.3, 0.4) is 0 Å². The van der Waals surface area contributed by atoms with Crippen LogP contribution in [0.1, 0.15) is 39.5 Å². The van der Waals surface area contributed by atoms with Gasteiger partial charge in [0.15, 0.2) is 0 Å². The third kappa shape index (κ3) is 5.11. The molecule has 1 aromatic carbocycles. The highest BCUT2D eigenvalue weighted by molar-refractivity contribution is 7.97. The average Bonchev–Trinajstić information content (AvgIpc) is 2.58. The van der Waals surface area contributed by atoms with Gasteiger partial charge in [0.05, 0.1) is 0 Å². The first kappa shape index (κ1) is 18.0. The summed E-state index contributed by atoms with van der Waals surface area (Å²) in [5, 5.41) is 0. The molecule has 0 bridgehead atoms. The minimum absolute atomic E-state index is 0.590. The third-order valence-corrected chi connectivity index (χ3v) is 6.22. The average molecular weight is 353 g/mol. The molecule has 0 spiro atoms. The van der Waals surface area contributed by atoms with E-state index in [2.05, 4.69) is 16.1 Å². The molecule has 2 heterocycles. The maximum absolute atomic E-state index is 12.8. The van der Waals surface area contributed by atoms with Crippen molar-refractivity contribution in [3.05, 3.63) is 24.3 Å². The molecule has 24 heavy (non-hydrogen) atoms. The van der Waals surface area contributed by atoms with Crippen LogP contribution in [0.4, 0.5) is 4.39 Å². The zero-order valence-electron chi connectivity index (χ0n) is 14.8. The minimum atomic E-state index is -1.26. The van der Waals surface area contributed by atoms with Crippen LogP contribution in [0.2, 0.25) is 0 Å². The number of hydrogen-bond acceptors (Lipinski definition) is 4. The van der Waals surface area contributed by atoms with Gasteiger partial charge in [-0.1, -0.05) is 6.92 Å². The van der Waals surface area contributed by atoms with Gasteiger partial charge in [-0.05, 0) is 80.9 Å². The summed E-state index contributed by atoms with van der Waals surface area (Å²) in [5.74, 6) is 1.50. The maximum atomic E-state index is 12.8. The highest BCUT2D eigenvalue weighted by atomic mass is 32.2. The monoisotopic (exact) mass is 352 g/mol. The van der Waals surface area contributed by atoms with Crippen LogP contribution < -0.4 is 4.74 Å². The van der Waals surface area contributed by atoms with E-state index in [1.54, 1.807) is 11.9 Å². The van der Waals surface area contributed by atoms with Crippen LogP contribution in [0.15, 0.2) is 29.2 Å². The van der Waals surface area contributed by atoms with E-state index in [0.717, 1.165) is 25.0 Å². The Labute approximate surface area is 149 Å². The quantitative estimate of drug-likeness (QED) is 0.720. The van der Waals surface area contributed by atoms with Crippen molar-refractivity contribution < 1.29 is 9.13 Å². The van der Waals surface area contributed by atoms with E-state index < -0.39 is 6.36 Å². The number of halogens is 1. The number of benzene rings is 1. The summed E-state index contributed by atoms with van der Waals surface area (Å²) in [5.41, 5.74) is 0. The lowest BCUT2D eigenvalue weighted by Gasteiger charge is -2.41. The molecule has 134 valence electrons. The van der Waals surface area contributed by atoms with Crippen molar-refractivity contribution in [2.24, 2.45) is 5.92 Å². The fraction of sp³-hybridized carbons (Fsp3) is 0.684. The number of likely N-dealkylation sites (tertiary alicyclic amines) is 1. The Hall–Kier alpha value is -0.780. The number of nitrogens with zero attached hydrogens (tertiary/aromatic N) is 2.